The van der Waals surface area contributed by atoms with Gasteiger partial charge in [-0.2, -0.15) is 5.10 Å². The molecule has 0 amide bonds. The molecule has 24 heavy (non-hydrogen) atoms. The molecule has 2 heterocycles. The number of benzene rings is 1. The third kappa shape index (κ3) is 3.66. The van der Waals surface area contributed by atoms with Crippen molar-refractivity contribution in [3.05, 3.63) is 41.0 Å². The van der Waals surface area contributed by atoms with Gasteiger partial charge in [-0.25, -0.2) is 0 Å². The van der Waals surface area contributed by atoms with Gasteiger partial charge in [-0.15, -0.1) is 0 Å². The van der Waals surface area contributed by atoms with E-state index < -0.39 is 0 Å². The van der Waals surface area contributed by atoms with Crippen molar-refractivity contribution in [2.45, 2.75) is 26.4 Å². The third-order valence-electron chi connectivity index (χ3n) is 5.17. The number of halogens is 1. The number of aromatic amines is 1. The maximum Gasteiger partial charge on any atom is 0.0695 e. The molecule has 0 radical (unpaired) electrons. The van der Waals surface area contributed by atoms with Crippen molar-refractivity contribution in [3.8, 4) is 11.3 Å². The summed E-state index contributed by atoms with van der Waals surface area (Å²) in [4.78, 5) is 4.93. The number of aromatic nitrogens is 2. The normalized spacial score (nSPS) is 22.0. The molecular formula is C19H27ClN4. The molecule has 1 N–H and O–H groups in total. The molecule has 0 aliphatic carbocycles. The van der Waals surface area contributed by atoms with Gasteiger partial charge in [0.05, 0.1) is 11.9 Å². The molecule has 2 aromatic rings. The van der Waals surface area contributed by atoms with Crippen LogP contribution in [-0.4, -0.2) is 53.2 Å². The van der Waals surface area contributed by atoms with Crippen LogP contribution in [0, 0.1) is 11.8 Å². The van der Waals surface area contributed by atoms with Crippen molar-refractivity contribution in [2.24, 2.45) is 11.8 Å². The monoisotopic (exact) mass is 346 g/mol. The number of nitrogens with zero attached hydrogens (tertiary/aromatic N) is 3. The fourth-order valence-corrected chi connectivity index (χ4v) is 3.89. The zero-order chi connectivity index (χ0) is 17.3. The zero-order valence-corrected chi connectivity index (χ0v) is 15.7. The highest BCUT2D eigenvalue weighted by atomic mass is 35.5. The molecule has 1 saturated heterocycles. The molecule has 1 aromatic carbocycles. The van der Waals surface area contributed by atoms with E-state index >= 15 is 0 Å². The van der Waals surface area contributed by atoms with E-state index in [1.54, 1.807) is 0 Å². The van der Waals surface area contributed by atoms with Gasteiger partial charge >= 0.3 is 0 Å². The Morgan fingerprint density at radius 2 is 1.96 bits per heavy atom. The van der Waals surface area contributed by atoms with Gasteiger partial charge in [0.2, 0.25) is 0 Å². The first-order chi connectivity index (χ1) is 11.5. The highest BCUT2D eigenvalue weighted by Crippen LogP contribution is 2.30. The SMILES string of the molecule is CC(C)C1CN(Cc2cn[nH]c2-c2ccc(Cl)cc2)CC1N(C)C. The smallest absolute Gasteiger partial charge is 0.0695 e. The largest absolute Gasteiger partial charge is 0.305 e. The van der Waals surface area contributed by atoms with E-state index in [9.17, 15) is 0 Å². The van der Waals surface area contributed by atoms with Gasteiger partial charge in [-0.05, 0) is 43.6 Å². The summed E-state index contributed by atoms with van der Waals surface area (Å²) >= 11 is 6.00. The fraction of sp³-hybridized carbons (Fsp3) is 0.526. The minimum atomic E-state index is 0.621. The van der Waals surface area contributed by atoms with Gasteiger partial charge in [0.25, 0.3) is 0 Å². The summed E-state index contributed by atoms with van der Waals surface area (Å²) in [6.45, 7) is 7.86. The topological polar surface area (TPSA) is 35.2 Å². The predicted octanol–water partition coefficient (Wildman–Crippen LogP) is 3.75. The second-order valence-electron chi connectivity index (χ2n) is 7.41. The van der Waals surface area contributed by atoms with Crippen LogP contribution >= 0.6 is 11.6 Å². The van der Waals surface area contributed by atoms with Crippen molar-refractivity contribution >= 4 is 11.6 Å². The zero-order valence-electron chi connectivity index (χ0n) is 15.0. The number of rotatable bonds is 5. The maximum atomic E-state index is 6.00. The molecular weight excluding hydrogens is 320 g/mol. The van der Waals surface area contributed by atoms with Crippen molar-refractivity contribution < 1.29 is 0 Å². The maximum absolute atomic E-state index is 6.00. The van der Waals surface area contributed by atoms with Crippen molar-refractivity contribution in [3.63, 3.8) is 0 Å². The first-order valence-electron chi connectivity index (χ1n) is 8.62. The molecule has 0 saturated carbocycles. The number of likely N-dealkylation sites (tertiary alicyclic amines) is 1. The van der Waals surface area contributed by atoms with E-state index in [1.165, 1.54) is 5.56 Å². The van der Waals surface area contributed by atoms with Gasteiger partial charge in [0, 0.05) is 36.3 Å². The summed E-state index contributed by atoms with van der Waals surface area (Å²) in [5.41, 5.74) is 3.48. The van der Waals surface area contributed by atoms with E-state index in [2.05, 4.69) is 47.9 Å². The number of hydrogen-bond acceptors (Lipinski definition) is 3. The Morgan fingerprint density at radius 1 is 1.25 bits per heavy atom. The summed E-state index contributed by atoms with van der Waals surface area (Å²) in [7, 11) is 4.39. The Hall–Kier alpha value is -1.36. The molecule has 1 aliphatic rings. The summed E-state index contributed by atoms with van der Waals surface area (Å²) in [6, 6.07) is 8.56. The predicted molar refractivity (Wildman–Crippen MR) is 100 cm³/mol. The number of likely N-dealkylation sites (N-methyl/N-ethyl adjacent to an activating group) is 1. The molecule has 1 aliphatic heterocycles. The fourth-order valence-electron chi connectivity index (χ4n) is 3.76. The Kier molecular flexibility index (Phi) is 5.28. The van der Waals surface area contributed by atoms with Crippen LogP contribution in [0.3, 0.4) is 0 Å². The lowest BCUT2D eigenvalue weighted by Gasteiger charge is -2.27. The Labute approximate surface area is 149 Å². The molecule has 2 unspecified atom stereocenters. The first-order valence-corrected chi connectivity index (χ1v) is 9.00. The minimum absolute atomic E-state index is 0.621. The van der Waals surface area contributed by atoms with E-state index in [0.29, 0.717) is 17.9 Å². The van der Waals surface area contributed by atoms with Gasteiger partial charge < -0.3 is 4.90 Å². The Balaban J connectivity index is 1.76. The molecule has 3 rings (SSSR count). The Bertz CT molecular complexity index is 646. The summed E-state index contributed by atoms with van der Waals surface area (Å²) in [5.74, 6) is 1.41. The standard InChI is InChI=1S/C19H27ClN4/c1-13(2)17-11-24(12-18(17)23(3)4)10-15-9-21-22-19(15)14-5-7-16(20)8-6-14/h5-9,13,17-18H,10-12H2,1-4H3,(H,21,22). The Morgan fingerprint density at radius 3 is 2.54 bits per heavy atom. The number of H-pyrrole nitrogens is 1. The summed E-state index contributed by atoms with van der Waals surface area (Å²) in [6.07, 6.45) is 1.96. The average molecular weight is 347 g/mol. The summed E-state index contributed by atoms with van der Waals surface area (Å²) < 4.78 is 0. The molecule has 2 atom stereocenters. The van der Waals surface area contributed by atoms with Gasteiger partial charge in [0.15, 0.2) is 0 Å². The average Bonchev–Trinajstić information content (AvgIpc) is 3.15. The van der Waals surface area contributed by atoms with Gasteiger partial charge in [-0.3, -0.25) is 10.00 Å². The molecule has 1 fully saturated rings. The van der Waals surface area contributed by atoms with Crippen molar-refractivity contribution in [1.29, 1.82) is 0 Å². The first kappa shape index (κ1) is 17.5. The summed E-state index contributed by atoms with van der Waals surface area (Å²) in [5, 5.41) is 8.19. The highest BCUT2D eigenvalue weighted by molar-refractivity contribution is 6.30. The second kappa shape index (κ2) is 7.26. The van der Waals surface area contributed by atoms with Gasteiger partial charge in [0.1, 0.15) is 0 Å². The minimum Gasteiger partial charge on any atom is -0.305 e. The van der Waals surface area contributed by atoms with Crippen LogP contribution < -0.4 is 0 Å². The molecule has 0 bridgehead atoms. The van der Waals surface area contributed by atoms with Crippen molar-refractivity contribution in [2.75, 3.05) is 27.2 Å². The number of hydrogen-bond donors (Lipinski definition) is 1. The lowest BCUT2D eigenvalue weighted by molar-refractivity contribution is 0.215. The van der Waals surface area contributed by atoms with Crippen LogP contribution in [0.1, 0.15) is 19.4 Å². The lowest BCUT2D eigenvalue weighted by atomic mass is 9.91. The van der Waals surface area contributed by atoms with E-state index in [0.717, 1.165) is 35.9 Å². The number of nitrogens with one attached hydrogen (secondary N) is 1. The molecule has 1 aromatic heterocycles. The highest BCUT2D eigenvalue weighted by Gasteiger charge is 2.36. The van der Waals surface area contributed by atoms with Crippen LogP contribution in [0.4, 0.5) is 0 Å². The van der Waals surface area contributed by atoms with Crippen LogP contribution in [0.15, 0.2) is 30.5 Å². The van der Waals surface area contributed by atoms with Crippen LogP contribution in [-0.2, 0) is 6.54 Å². The molecule has 130 valence electrons. The van der Waals surface area contributed by atoms with E-state index in [1.807, 2.05) is 30.5 Å². The van der Waals surface area contributed by atoms with E-state index in [-0.39, 0.29) is 0 Å². The molecule has 0 spiro atoms. The van der Waals surface area contributed by atoms with Crippen LogP contribution in [0.25, 0.3) is 11.3 Å². The lowest BCUT2D eigenvalue weighted by Crippen LogP contribution is -2.37. The quantitative estimate of drug-likeness (QED) is 0.895. The molecule has 4 nitrogen and oxygen atoms in total. The van der Waals surface area contributed by atoms with Gasteiger partial charge in [-0.1, -0.05) is 37.6 Å². The van der Waals surface area contributed by atoms with Crippen molar-refractivity contribution in [1.82, 2.24) is 20.0 Å². The van der Waals surface area contributed by atoms with Crippen LogP contribution in [0.2, 0.25) is 5.02 Å². The van der Waals surface area contributed by atoms with Crippen LogP contribution in [0.5, 0.6) is 0 Å². The molecule has 5 heteroatoms. The third-order valence-corrected chi connectivity index (χ3v) is 5.42. The second-order valence-corrected chi connectivity index (χ2v) is 7.85. The van der Waals surface area contributed by atoms with E-state index in [4.69, 9.17) is 11.6 Å².